The van der Waals surface area contributed by atoms with Gasteiger partial charge in [-0.2, -0.15) is 0 Å². The van der Waals surface area contributed by atoms with Gasteiger partial charge in [0.05, 0.1) is 4.90 Å². The van der Waals surface area contributed by atoms with E-state index in [1.807, 2.05) is 0 Å². The van der Waals surface area contributed by atoms with Crippen molar-refractivity contribution in [2.24, 2.45) is 0 Å². The van der Waals surface area contributed by atoms with Crippen LogP contribution in [0.2, 0.25) is 0 Å². The maximum Gasteiger partial charge on any atom is 0.240 e. The number of nitrogens with one attached hydrogen (secondary N) is 2. The Balaban J connectivity index is 2.72. The van der Waals surface area contributed by atoms with Gasteiger partial charge in [-0.15, -0.1) is 11.6 Å². The zero-order chi connectivity index (χ0) is 12.9. The number of carbonyl (C=O) groups excluding carboxylic acids is 1. The van der Waals surface area contributed by atoms with Crippen LogP contribution in [0, 0.1) is 0 Å². The first-order chi connectivity index (χ1) is 7.99. The minimum absolute atomic E-state index is 0.0911. The molecule has 0 fully saturated rings. The van der Waals surface area contributed by atoms with Crippen molar-refractivity contribution in [3.63, 3.8) is 0 Å². The van der Waals surface area contributed by atoms with Crippen molar-refractivity contribution in [2.45, 2.75) is 11.4 Å². The van der Waals surface area contributed by atoms with Crippen LogP contribution in [0.1, 0.15) is 5.56 Å². The minimum Gasteiger partial charge on any atom is -0.351 e. The van der Waals surface area contributed by atoms with Crippen molar-refractivity contribution in [1.29, 1.82) is 0 Å². The van der Waals surface area contributed by atoms with Gasteiger partial charge in [-0.3, -0.25) is 4.79 Å². The topological polar surface area (TPSA) is 75.3 Å². The summed E-state index contributed by atoms with van der Waals surface area (Å²) >= 11 is 5.32. The maximum absolute atomic E-state index is 11.4. The highest BCUT2D eigenvalue weighted by Gasteiger charge is 2.10. The molecule has 0 heterocycles. The largest absolute Gasteiger partial charge is 0.351 e. The molecule has 7 heteroatoms. The second-order valence-electron chi connectivity index (χ2n) is 3.26. The highest BCUT2D eigenvalue weighted by atomic mass is 35.5. The van der Waals surface area contributed by atoms with E-state index in [0.29, 0.717) is 6.54 Å². The first-order valence-electron chi connectivity index (χ1n) is 4.84. The average molecular weight is 277 g/mol. The lowest BCUT2D eigenvalue weighted by atomic mass is 10.2. The van der Waals surface area contributed by atoms with E-state index in [9.17, 15) is 13.2 Å². The van der Waals surface area contributed by atoms with E-state index in [1.165, 1.54) is 19.2 Å². The van der Waals surface area contributed by atoms with E-state index in [2.05, 4.69) is 10.0 Å². The number of hydrogen-bond donors (Lipinski definition) is 2. The van der Waals surface area contributed by atoms with Crippen LogP contribution in [0.25, 0.3) is 0 Å². The molecule has 0 saturated heterocycles. The smallest absolute Gasteiger partial charge is 0.240 e. The van der Waals surface area contributed by atoms with Gasteiger partial charge in [0, 0.05) is 6.54 Å². The van der Waals surface area contributed by atoms with Crippen molar-refractivity contribution in [3.05, 3.63) is 29.8 Å². The van der Waals surface area contributed by atoms with Gasteiger partial charge in [0.25, 0.3) is 0 Å². The molecule has 2 N–H and O–H groups in total. The van der Waals surface area contributed by atoms with Crippen LogP contribution in [-0.2, 0) is 21.4 Å². The van der Waals surface area contributed by atoms with Gasteiger partial charge in [0.2, 0.25) is 15.9 Å². The van der Waals surface area contributed by atoms with Crippen LogP contribution in [0.4, 0.5) is 0 Å². The van der Waals surface area contributed by atoms with E-state index < -0.39 is 10.0 Å². The second kappa shape index (κ2) is 6.00. The molecule has 94 valence electrons. The van der Waals surface area contributed by atoms with Gasteiger partial charge in [-0.05, 0) is 24.7 Å². The molecule has 0 unspecified atom stereocenters. The monoisotopic (exact) mass is 276 g/mol. The quantitative estimate of drug-likeness (QED) is 0.767. The summed E-state index contributed by atoms with van der Waals surface area (Å²) in [6.45, 7) is 0.325. The fourth-order valence-electron chi connectivity index (χ4n) is 1.15. The SMILES string of the molecule is CNS(=O)(=O)c1ccc(CNC(=O)CCl)cc1. The molecule has 0 bridgehead atoms. The number of sulfonamides is 1. The molecule has 0 aliphatic rings. The van der Waals surface area contributed by atoms with E-state index in [4.69, 9.17) is 11.6 Å². The Bertz CT molecular complexity index is 485. The van der Waals surface area contributed by atoms with Crippen molar-refractivity contribution >= 4 is 27.5 Å². The lowest BCUT2D eigenvalue weighted by Gasteiger charge is -2.05. The molecule has 0 saturated carbocycles. The number of rotatable bonds is 5. The highest BCUT2D eigenvalue weighted by Crippen LogP contribution is 2.09. The average Bonchev–Trinajstić information content (AvgIpc) is 2.36. The molecule has 0 spiro atoms. The fourth-order valence-corrected chi connectivity index (χ4v) is 1.98. The van der Waals surface area contributed by atoms with Crippen LogP contribution < -0.4 is 10.0 Å². The molecular weight excluding hydrogens is 264 g/mol. The van der Waals surface area contributed by atoms with E-state index in [1.54, 1.807) is 12.1 Å². The fraction of sp³-hybridized carbons (Fsp3) is 0.300. The Morgan fingerprint density at radius 2 is 1.88 bits per heavy atom. The third-order valence-corrected chi connectivity index (χ3v) is 3.79. The molecule has 1 amide bonds. The summed E-state index contributed by atoms with van der Waals surface area (Å²) in [5.41, 5.74) is 0.804. The number of hydrogen-bond acceptors (Lipinski definition) is 3. The molecular formula is C10H13ClN2O3S. The minimum atomic E-state index is -3.41. The number of alkyl halides is 1. The Kier molecular flexibility index (Phi) is 4.92. The van der Waals surface area contributed by atoms with Crippen LogP contribution >= 0.6 is 11.6 Å². The summed E-state index contributed by atoms with van der Waals surface area (Å²) in [5.74, 6) is -0.356. The van der Waals surface area contributed by atoms with Gasteiger partial charge in [0.15, 0.2) is 0 Å². The summed E-state index contributed by atoms with van der Waals surface area (Å²) in [7, 11) is -2.06. The van der Waals surface area contributed by atoms with Crippen molar-refractivity contribution in [2.75, 3.05) is 12.9 Å². The van der Waals surface area contributed by atoms with Crippen molar-refractivity contribution in [1.82, 2.24) is 10.0 Å². The predicted octanol–water partition coefficient (Wildman–Crippen LogP) is 0.450. The van der Waals surface area contributed by atoms with Gasteiger partial charge in [-0.25, -0.2) is 13.1 Å². The molecule has 0 aliphatic heterocycles. The Hall–Kier alpha value is -1.11. The van der Waals surface area contributed by atoms with Crippen LogP contribution in [0.3, 0.4) is 0 Å². The van der Waals surface area contributed by atoms with Crippen LogP contribution in [0.5, 0.6) is 0 Å². The van der Waals surface area contributed by atoms with Crippen molar-refractivity contribution < 1.29 is 13.2 Å². The third kappa shape index (κ3) is 3.99. The zero-order valence-corrected chi connectivity index (χ0v) is 10.8. The second-order valence-corrected chi connectivity index (χ2v) is 5.42. The lowest BCUT2D eigenvalue weighted by Crippen LogP contribution is -2.23. The molecule has 1 aromatic carbocycles. The molecule has 0 aliphatic carbocycles. The third-order valence-electron chi connectivity index (χ3n) is 2.11. The summed E-state index contributed by atoms with van der Waals surface area (Å²) in [6, 6.07) is 6.24. The molecule has 0 radical (unpaired) electrons. The van der Waals surface area contributed by atoms with E-state index in [-0.39, 0.29) is 16.7 Å². The lowest BCUT2D eigenvalue weighted by molar-refractivity contribution is -0.118. The number of carbonyl (C=O) groups is 1. The summed E-state index contributed by atoms with van der Waals surface area (Å²) in [6.07, 6.45) is 0. The Labute approximate surface area is 105 Å². The maximum atomic E-state index is 11.4. The summed E-state index contributed by atoms with van der Waals surface area (Å²) in [5, 5.41) is 2.58. The normalized spacial score (nSPS) is 11.2. The van der Waals surface area contributed by atoms with E-state index in [0.717, 1.165) is 5.56 Å². The number of amides is 1. The molecule has 5 nitrogen and oxygen atoms in total. The first kappa shape index (κ1) is 14.0. The van der Waals surface area contributed by atoms with Gasteiger partial charge in [-0.1, -0.05) is 12.1 Å². The van der Waals surface area contributed by atoms with Gasteiger partial charge in [0.1, 0.15) is 5.88 Å². The van der Waals surface area contributed by atoms with Gasteiger partial charge < -0.3 is 5.32 Å². The van der Waals surface area contributed by atoms with Gasteiger partial charge >= 0.3 is 0 Å². The Morgan fingerprint density at radius 3 is 2.35 bits per heavy atom. The number of benzene rings is 1. The number of halogens is 1. The molecule has 1 aromatic rings. The molecule has 17 heavy (non-hydrogen) atoms. The molecule has 1 rings (SSSR count). The van der Waals surface area contributed by atoms with Crippen LogP contribution in [-0.4, -0.2) is 27.3 Å². The van der Waals surface area contributed by atoms with Crippen molar-refractivity contribution in [3.8, 4) is 0 Å². The van der Waals surface area contributed by atoms with E-state index >= 15 is 0 Å². The first-order valence-corrected chi connectivity index (χ1v) is 6.86. The molecule has 0 atom stereocenters. The standard InChI is InChI=1S/C10H13ClN2O3S/c1-12-17(15,16)9-4-2-8(3-5-9)7-13-10(14)6-11/h2-5,12H,6-7H2,1H3,(H,13,14). The Morgan fingerprint density at radius 1 is 1.29 bits per heavy atom. The zero-order valence-electron chi connectivity index (χ0n) is 9.23. The molecule has 0 aromatic heterocycles. The summed E-state index contributed by atoms with van der Waals surface area (Å²) in [4.78, 5) is 11.1. The summed E-state index contributed by atoms with van der Waals surface area (Å²) < 4.78 is 25.1. The van der Waals surface area contributed by atoms with Crippen LogP contribution in [0.15, 0.2) is 29.2 Å². The highest BCUT2D eigenvalue weighted by molar-refractivity contribution is 7.89. The predicted molar refractivity (Wildman–Crippen MR) is 65.3 cm³/mol.